The third-order valence-corrected chi connectivity index (χ3v) is 2.54. The highest BCUT2D eigenvalue weighted by Crippen LogP contribution is 2.23. The van der Waals surface area contributed by atoms with Crippen molar-refractivity contribution in [3.63, 3.8) is 0 Å². The Balaban J connectivity index is 2.18. The number of fused-ring (bicyclic) bond motifs is 1. The molecule has 3 heteroatoms. The van der Waals surface area contributed by atoms with Crippen LogP contribution in [0.5, 0.6) is 0 Å². The van der Waals surface area contributed by atoms with Crippen LogP contribution in [0.4, 0.5) is 0 Å². The van der Waals surface area contributed by atoms with Crippen molar-refractivity contribution >= 4 is 16.9 Å². The minimum Gasteiger partial charge on any atom is -0.327 e. The summed E-state index contributed by atoms with van der Waals surface area (Å²) in [7, 11) is 0. The Morgan fingerprint density at radius 3 is 3.60 bits per heavy atom. The summed E-state index contributed by atoms with van der Waals surface area (Å²) in [5.74, 6) is 0.715. The maximum atomic E-state index is 4.42. The zero-order valence-corrected chi connectivity index (χ0v) is 6.77. The second-order valence-corrected chi connectivity index (χ2v) is 3.66. The maximum Gasteiger partial charge on any atom is 0.167 e. The van der Waals surface area contributed by atoms with Crippen molar-refractivity contribution in [1.29, 1.82) is 0 Å². The van der Waals surface area contributed by atoms with Gasteiger partial charge < -0.3 is 4.90 Å². The lowest BCUT2D eigenvalue weighted by molar-refractivity contribution is 0.422. The predicted octanol–water partition coefficient (Wildman–Crippen LogP) is 1.51. The maximum absolute atomic E-state index is 4.42. The summed E-state index contributed by atoms with van der Waals surface area (Å²) in [5.41, 5.74) is 0. The third kappa shape index (κ3) is 0.944. The molecule has 0 aromatic heterocycles. The highest BCUT2D eigenvalue weighted by Gasteiger charge is 2.20. The first-order valence-electron chi connectivity index (χ1n) is 3.50. The molecule has 0 aliphatic carbocycles. The van der Waals surface area contributed by atoms with Crippen LogP contribution in [0.3, 0.4) is 0 Å². The number of rotatable bonds is 0. The molecule has 0 saturated carbocycles. The molecular formula is C7H10N2S. The van der Waals surface area contributed by atoms with Gasteiger partial charge >= 0.3 is 0 Å². The molecule has 0 fully saturated rings. The number of nitrogens with zero attached hydrogens (tertiary/aromatic N) is 2. The van der Waals surface area contributed by atoms with Gasteiger partial charge in [-0.15, -0.1) is 0 Å². The van der Waals surface area contributed by atoms with Gasteiger partial charge in [0.15, 0.2) is 5.17 Å². The van der Waals surface area contributed by atoms with E-state index in [9.17, 15) is 0 Å². The molecule has 54 valence electrons. The molecule has 2 aliphatic heterocycles. The molecule has 0 aromatic rings. The first kappa shape index (κ1) is 6.28. The van der Waals surface area contributed by atoms with Gasteiger partial charge in [0, 0.05) is 19.3 Å². The van der Waals surface area contributed by atoms with Gasteiger partial charge in [0.25, 0.3) is 0 Å². The normalized spacial score (nSPS) is 30.3. The van der Waals surface area contributed by atoms with Crippen LogP contribution in [0, 0.1) is 5.92 Å². The fourth-order valence-corrected chi connectivity index (χ4v) is 1.94. The Labute approximate surface area is 65.0 Å². The summed E-state index contributed by atoms with van der Waals surface area (Å²) in [4.78, 5) is 6.64. The Bertz CT molecular complexity index is 198. The zero-order valence-electron chi connectivity index (χ0n) is 5.95. The highest BCUT2D eigenvalue weighted by molar-refractivity contribution is 8.16. The predicted molar refractivity (Wildman–Crippen MR) is 44.9 cm³/mol. The number of aliphatic imine (C=N–C) groups is 1. The molecule has 2 nitrogen and oxygen atoms in total. The summed E-state index contributed by atoms with van der Waals surface area (Å²) in [6.07, 6.45) is 2.11. The summed E-state index contributed by atoms with van der Waals surface area (Å²) in [5, 5.41) is 3.27. The lowest BCUT2D eigenvalue weighted by atomic mass is 10.1. The van der Waals surface area contributed by atoms with Crippen molar-refractivity contribution in [2.24, 2.45) is 10.9 Å². The van der Waals surface area contributed by atoms with Crippen molar-refractivity contribution in [2.75, 3.05) is 13.1 Å². The number of hydrogen-bond acceptors (Lipinski definition) is 3. The molecule has 0 saturated heterocycles. The van der Waals surface area contributed by atoms with Gasteiger partial charge in [0.05, 0.1) is 0 Å². The van der Waals surface area contributed by atoms with E-state index in [-0.39, 0.29) is 0 Å². The van der Waals surface area contributed by atoms with Crippen LogP contribution in [0.25, 0.3) is 0 Å². The number of thioether (sulfide) groups is 1. The molecule has 0 spiro atoms. The van der Waals surface area contributed by atoms with Crippen molar-refractivity contribution < 1.29 is 0 Å². The fraction of sp³-hybridized carbons (Fsp3) is 0.571. The minimum atomic E-state index is 0.715. The standard InChI is InChI=1S/C7H10N2S/c1-6-4-8-7-9(5-6)2-3-10-7/h2-3,6H,4-5H2,1H3. The third-order valence-electron chi connectivity index (χ3n) is 1.71. The first-order chi connectivity index (χ1) is 4.86. The van der Waals surface area contributed by atoms with Crippen molar-refractivity contribution in [3.05, 3.63) is 11.6 Å². The van der Waals surface area contributed by atoms with Crippen molar-refractivity contribution in [3.8, 4) is 0 Å². The van der Waals surface area contributed by atoms with E-state index in [4.69, 9.17) is 0 Å². The minimum absolute atomic E-state index is 0.715. The van der Waals surface area contributed by atoms with E-state index in [1.807, 2.05) is 0 Å². The van der Waals surface area contributed by atoms with Crippen LogP contribution < -0.4 is 0 Å². The summed E-state index contributed by atoms with van der Waals surface area (Å²) in [6.45, 7) is 4.37. The molecule has 2 rings (SSSR count). The van der Waals surface area contributed by atoms with E-state index in [0.29, 0.717) is 5.92 Å². The van der Waals surface area contributed by atoms with Crippen LogP contribution in [0.1, 0.15) is 6.92 Å². The van der Waals surface area contributed by atoms with E-state index in [1.165, 1.54) is 5.17 Å². The van der Waals surface area contributed by atoms with E-state index < -0.39 is 0 Å². The molecule has 2 heterocycles. The van der Waals surface area contributed by atoms with Gasteiger partial charge in [-0.3, -0.25) is 4.99 Å². The molecule has 10 heavy (non-hydrogen) atoms. The molecule has 1 atom stereocenters. The molecule has 0 bridgehead atoms. The zero-order chi connectivity index (χ0) is 6.97. The Morgan fingerprint density at radius 2 is 2.70 bits per heavy atom. The summed E-state index contributed by atoms with van der Waals surface area (Å²) in [6, 6.07) is 0. The number of amidine groups is 1. The number of hydrogen-bond donors (Lipinski definition) is 0. The summed E-state index contributed by atoms with van der Waals surface area (Å²) >= 11 is 1.72. The van der Waals surface area contributed by atoms with Crippen LogP contribution in [-0.4, -0.2) is 23.2 Å². The van der Waals surface area contributed by atoms with Gasteiger partial charge in [0.2, 0.25) is 0 Å². The second-order valence-electron chi connectivity index (χ2n) is 2.78. The van der Waals surface area contributed by atoms with Gasteiger partial charge in [-0.2, -0.15) is 0 Å². The fourth-order valence-electron chi connectivity index (χ4n) is 1.19. The molecule has 0 amide bonds. The summed E-state index contributed by atoms with van der Waals surface area (Å²) < 4.78 is 0. The van der Waals surface area contributed by atoms with Crippen LogP contribution in [0.2, 0.25) is 0 Å². The SMILES string of the molecule is CC1CN=C2SC=CN2C1. The van der Waals surface area contributed by atoms with Gasteiger partial charge in [0.1, 0.15) is 0 Å². The van der Waals surface area contributed by atoms with Gasteiger partial charge in [-0.05, 0) is 11.3 Å². The van der Waals surface area contributed by atoms with E-state index in [2.05, 4.69) is 28.4 Å². The molecule has 1 unspecified atom stereocenters. The molecule has 0 N–H and O–H groups in total. The van der Waals surface area contributed by atoms with Crippen molar-refractivity contribution in [1.82, 2.24) is 4.90 Å². The van der Waals surface area contributed by atoms with E-state index >= 15 is 0 Å². The van der Waals surface area contributed by atoms with Gasteiger partial charge in [-0.1, -0.05) is 18.7 Å². The molecular weight excluding hydrogens is 144 g/mol. The quantitative estimate of drug-likeness (QED) is 0.525. The Kier molecular flexibility index (Phi) is 1.45. The highest BCUT2D eigenvalue weighted by atomic mass is 32.2. The average Bonchev–Trinajstić information content (AvgIpc) is 2.33. The lowest BCUT2D eigenvalue weighted by Crippen LogP contribution is -2.31. The molecule has 2 aliphatic rings. The van der Waals surface area contributed by atoms with Gasteiger partial charge in [-0.25, -0.2) is 0 Å². The van der Waals surface area contributed by atoms with Crippen LogP contribution in [-0.2, 0) is 0 Å². The molecule has 0 radical (unpaired) electrons. The Hall–Kier alpha value is -0.440. The average molecular weight is 154 g/mol. The second kappa shape index (κ2) is 2.31. The first-order valence-corrected chi connectivity index (χ1v) is 4.38. The molecule has 0 aromatic carbocycles. The van der Waals surface area contributed by atoms with E-state index in [1.54, 1.807) is 11.8 Å². The van der Waals surface area contributed by atoms with Crippen LogP contribution >= 0.6 is 11.8 Å². The van der Waals surface area contributed by atoms with Crippen molar-refractivity contribution in [2.45, 2.75) is 6.92 Å². The topological polar surface area (TPSA) is 15.6 Å². The van der Waals surface area contributed by atoms with Crippen LogP contribution in [0.15, 0.2) is 16.6 Å². The largest absolute Gasteiger partial charge is 0.327 e. The lowest BCUT2D eigenvalue weighted by Gasteiger charge is -2.24. The van der Waals surface area contributed by atoms with E-state index in [0.717, 1.165) is 13.1 Å². The monoisotopic (exact) mass is 154 g/mol. The Morgan fingerprint density at radius 1 is 1.80 bits per heavy atom. The smallest absolute Gasteiger partial charge is 0.167 e.